The predicted octanol–water partition coefficient (Wildman–Crippen LogP) is 11.0. The molecule has 0 aliphatic heterocycles. The topological polar surface area (TPSA) is 63.9 Å². The highest BCUT2D eigenvalue weighted by atomic mass is 35.5. The average Bonchev–Trinajstić information content (AvgIpc) is 3.71. The van der Waals surface area contributed by atoms with Gasteiger partial charge in [0.05, 0.1) is 29.7 Å². The van der Waals surface area contributed by atoms with Crippen LogP contribution in [0, 0.1) is 41.5 Å². The quantitative estimate of drug-likeness (QED) is 0.196. The summed E-state index contributed by atoms with van der Waals surface area (Å²) in [5, 5.41) is 1.24. The maximum Gasteiger partial charge on any atom is 0.119 e. The zero-order valence-electron chi connectivity index (χ0n) is 26.6. The van der Waals surface area contributed by atoms with Gasteiger partial charge in [-0.25, -0.2) is 4.98 Å². The van der Waals surface area contributed by atoms with Crippen molar-refractivity contribution in [2.24, 2.45) is 0 Å². The van der Waals surface area contributed by atoms with Crippen molar-refractivity contribution in [3.05, 3.63) is 172 Å². The predicted molar refractivity (Wildman–Crippen MR) is 186 cm³/mol. The van der Waals surface area contributed by atoms with E-state index in [0.29, 0.717) is 10.0 Å². The summed E-state index contributed by atoms with van der Waals surface area (Å²) in [5.74, 6) is 1.89. The van der Waals surface area contributed by atoms with E-state index in [1.165, 1.54) is 16.7 Å². The maximum absolute atomic E-state index is 5.68. The lowest BCUT2D eigenvalue weighted by Gasteiger charge is -1.97. The second-order valence-electron chi connectivity index (χ2n) is 9.58. The van der Waals surface area contributed by atoms with E-state index in [1.54, 1.807) is 44.4 Å². The molecule has 0 aliphatic carbocycles. The van der Waals surface area contributed by atoms with E-state index in [1.807, 2.05) is 113 Å². The smallest absolute Gasteiger partial charge is 0.119 e. The number of furan rings is 1. The van der Waals surface area contributed by atoms with Crippen LogP contribution in [0.3, 0.4) is 0 Å². The van der Waals surface area contributed by atoms with Gasteiger partial charge in [0.25, 0.3) is 0 Å². The van der Waals surface area contributed by atoms with Crippen molar-refractivity contribution in [2.75, 3.05) is 7.11 Å². The molecule has 0 saturated carbocycles. The Morgan fingerprint density at radius 2 is 1.25 bits per heavy atom. The van der Waals surface area contributed by atoms with E-state index in [0.717, 1.165) is 22.8 Å². The fraction of sp³-hybridized carbons (Fsp3) is 0.189. The zero-order valence-corrected chi connectivity index (χ0v) is 28.1. The third kappa shape index (κ3) is 19.7. The lowest BCUT2D eigenvalue weighted by molar-refractivity contribution is 0.414. The minimum atomic E-state index is 0.613. The second kappa shape index (κ2) is 23.2. The SMILES string of the molecule is COc1cccc(C)c1.Cc1ccc(Cl)c(Cl)c1.Cc1ccccc1.Cc1ccco1.Cc1ccncc1.Cc1cnc[nH]1. The molecule has 0 saturated heterocycles. The van der Waals surface area contributed by atoms with Crippen molar-refractivity contribution in [1.82, 2.24) is 15.0 Å². The molecular weight excluding hydrogens is 589 g/mol. The van der Waals surface area contributed by atoms with Gasteiger partial charge in [0, 0.05) is 24.3 Å². The van der Waals surface area contributed by atoms with Crippen LogP contribution in [0.15, 0.2) is 133 Å². The number of aromatic amines is 1. The molecule has 44 heavy (non-hydrogen) atoms. The summed E-state index contributed by atoms with van der Waals surface area (Å²) in [7, 11) is 1.68. The van der Waals surface area contributed by atoms with Gasteiger partial charge in [0.2, 0.25) is 0 Å². The molecule has 3 aromatic heterocycles. The maximum atomic E-state index is 5.68. The highest BCUT2D eigenvalue weighted by molar-refractivity contribution is 6.42. The van der Waals surface area contributed by atoms with Gasteiger partial charge in [-0.15, -0.1) is 0 Å². The number of ether oxygens (including phenoxy) is 1. The molecular formula is C37H43Cl2N3O2. The molecule has 5 nitrogen and oxygen atoms in total. The molecule has 6 aromatic rings. The number of hydrogen-bond donors (Lipinski definition) is 1. The molecule has 0 spiro atoms. The van der Waals surface area contributed by atoms with Crippen LogP contribution in [0.5, 0.6) is 5.75 Å². The number of benzene rings is 3. The highest BCUT2D eigenvalue weighted by Gasteiger charge is 1.93. The third-order valence-corrected chi connectivity index (χ3v) is 6.13. The third-order valence-electron chi connectivity index (χ3n) is 5.39. The number of imidazole rings is 1. The number of pyridine rings is 1. The number of halogens is 2. The number of H-pyrrole nitrogens is 1. The van der Waals surface area contributed by atoms with Crippen molar-refractivity contribution >= 4 is 23.2 Å². The standard InChI is InChI=1S/C8H10O.C7H6Cl2.C7H8.C6H7N.C5H6O.C4H6N2/c1-7-4-3-5-8(6-7)9-2;1-5-2-3-6(8)7(9)4-5;1-7-5-3-2-4-6-7;1-6-2-4-7-5-3-6;1-5-3-2-4-6-5;1-4-2-5-3-6-4/h3-6H,1-2H3;2-4H,1H3;2-6H,1H3;2-5H,1H3;2-4H,1H3;2-3H,1H3,(H,5,6). The average molecular weight is 633 g/mol. The number of hydrogen-bond acceptors (Lipinski definition) is 4. The molecule has 0 radical (unpaired) electrons. The van der Waals surface area contributed by atoms with Gasteiger partial charge in [-0.05, 0) is 107 Å². The molecule has 0 atom stereocenters. The number of methoxy groups -OCH3 is 1. The van der Waals surface area contributed by atoms with Crippen LogP contribution < -0.4 is 4.74 Å². The lowest BCUT2D eigenvalue weighted by Crippen LogP contribution is -1.81. The summed E-state index contributed by atoms with van der Waals surface area (Å²) in [4.78, 5) is 10.5. The Balaban J connectivity index is 0.000000266. The molecule has 3 heterocycles. The van der Waals surface area contributed by atoms with Gasteiger partial charge in [-0.3, -0.25) is 4.98 Å². The molecule has 0 fully saturated rings. The molecule has 0 unspecified atom stereocenters. The van der Waals surface area contributed by atoms with Gasteiger partial charge in [0.1, 0.15) is 11.5 Å². The lowest BCUT2D eigenvalue weighted by atomic mass is 10.2. The Bertz CT molecular complexity index is 1440. The number of nitrogens with one attached hydrogen (secondary N) is 1. The normalized spacial score (nSPS) is 9.02. The minimum absolute atomic E-state index is 0.613. The number of rotatable bonds is 1. The molecule has 0 bridgehead atoms. The van der Waals surface area contributed by atoms with Gasteiger partial charge >= 0.3 is 0 Å². The number of aromatic nitrogens is 3. The molecule has 7 heteroatoms. The summed E-state index contributed by atoms with van der Waals surface area (Å²) in [5.41, 5.74) is 6.05. The van der Waals surface area contributed by atoms with E-state index >= 15 is 0 Å². The first-order valence-electron chi connectivity index (χ1n) is 14.0. The summed E-state index contributed by atoms with van der Waals surface area (Å²) in [6, 6.07) is 31.5. The van der Waals surface area contributed by atoms with E-state index < -0.39 is 0 Å². The van der Waals surface area contributed by atoms with Crippen LogP contribution in [0.2, 0.25) is 10.0 Å². The molecule has 6 rings (SSSR count). The Morgan fingerprint density at radius 1 is 0.614 bits per heavy atom. The van der Waals surface area contributed by atoms with Gasteiger partial charge < -0.3 is 14.1 Å². The molecule has 0 aliphatic rings. The fourth-order valence-electron chi connectivity index (χ4n) is 2.99. The first-order valence-corrected chi connectivity index (χ1v) is 14.7. The van der Waals surface area contributed by atoms with Crippen molar-refractivity contribution in [1.29, 1.82) is 0 Å². The molecule has 3 aromatic carbocycles. The molecule has 1 N–H and O–H groups in total. The van der Waals surface area contributed by atoms with Crippen molar-refractivity contribution < 1.29 is 9.15 Å². The Hall–Kier alpha value is -4.32. The van der Waals surface area contributed by atoms with Crippen LogP contribution in [0.4, 0.5) is 0 Å². The van der Waals surface area contributed by atoms with Crippen LogP contribution in [0.1, 0.15) is 33.7 Å². The first-order chi connectivity index (χ1) is 21.1. The summed E-state index contributed by atoms with van der Waals surface area (Å²) in [6.45, 7) is 12.0. The Morgan fingerprint density at radius 3 is 1.57 bits per heavy atom. The van der Waals surface area contributed by atoms with Crippen molar-refractivity contribution in [3.63, 3.8) is 0 Å². The monoisotopic (exact) mass is 631 g/mol. The van der Waals surface area contributed by atoms with Crippen LogP contribution >= 0.6 is 23.2 Å². The van der Waals surface area contributed by atoms with Gasteiger partial charge in [0.15, 0.2) is 0 Å². The van der Waals surface area contributed by atoms with Crippen LogP contribution in [-0.2, 0) is 0 Å². The largest absolute Gasteiger partial charge is 0.497 e. The fourth-order valence-corrected chi connectivity index (χ4v) is 3.34. The number of nitrogens with zero attached hydrogens (tertiary/aromatic N) is 2. The Kier molecular flexibility index (Phi) is 19.9. The van der Waals surface area contributed by atoms with Crippen LogP contribution in [0.25, 0.3) is 0 Å². The summed E-state index contributed by atoms with van der Waals surface area (Å²) in [6.07, 6.45) is 8.68. The summed E-state index contributed by atoms with van der Waals surface area (Å²) < 4.78 is 9.83. The molecule has 0 amide bonds. The second-order valence-corrected chi connectivity index (χ2v) is 10.4. The Labute approximate surface area is 272 Å². The van der Waals surface area contributed by atoms with E-state index in [4.69, 9.17) is 32.4 Å². The van der Waals surface area contributed by atoms with Crippen molar-refractivity contribution in [2.45, 2.75) is 41.5 Å². The van der Waals surface area contributed by atoms with Gasteiger partial charge in [-0.2, -0.15) is 0 Å². The van der Waals surface area contributed by atoms with E-state index in [2.05, 4.69) is 34.0 Å². The zero-order chi connectivity index (χ0) is 32.6. The van der Waals surface area contributed by atoms with Gasteiger partial charge in [-0.1, -0.05) is 77.3 Å². The van der Waals surface area contributed by atoms with E-state index in [9.17, 15) is 0 Å². The van der Waals surface area contributed by atoms with E-state index in [-0.39, 0.29) is 0 Å². The first kappa shape index (κ1) is 37.7. The summed E-state index contributed by atoms with van der Waals surface area (Å²) >= 11 is 11.3. The minimum Gasteiger partial charge on any atom is -0.497 e. The number of aryl methyl sites for hydroxylation is 6. The van der Waals surface area contributed by atoms with Crippen molar-refractivity contribution in [3.8, 4) is 5.75 Å². The highest BCUT2D eigenvalue weighted by Crippen LogP contribution is 2.21. The van der Waals surface area contributed by atoms with Crippen LogP contribution in [-0.4, -0.2) is 22.1 Å². The molecule has 232 valence electrons.